The van der Waals surface area contributed by atoms with Gasteiger partial charge < -0.3 is 9.47 Å². The second-order valence-corrected chi connectivity index (χ2v) is 14.7. The van der Waals surface area contributed by atoms with E-state index in [1.165, 1.54) is 54.7 Å². The first-order chi connectivity index (χ1) is 28.7. The summed E-state index contributed by atoms with van der Waals surface area (Å²) in [5.74, 6) is 0. The van der Waals surface area contributed by atoms with Crippen LogP contribution in [0.25, 0.3) is 32.9 Å². The molecular formula is C54H46B2O2. The summed E-state index contributed by atoms with van der Waals surface area (Å²) in [7, 11) is 3.59. The maximum absolute atomic E-state index is 6.06. The number of hydrogen-bond donors (Lipinski definition) is 0. The van der Waals surface area contributed by atoms with Gasteiger partial charge in [-0.3, -0.25) is 0 Å². The molecule has 0 aliphatic heterocycles. The van der Waals surface area contributed by atoms with Gasteiger partial charge in [0.15, 0.2) is 0 Å². The minimum absolute atomic E-state index is 0.00616. The van der Waals surface area contributed by atoms with Gasteiger partial charge in [0.1, 0.15) is 0 Å². The highest BCUT2D eigenvalue weighted by Gasteiger charge is 2.30. The van der Waals surface area contributed by atoms with Gasteiger partial charge in [-0.05, 0) is 56.3 Å². The van der Waals surface area contributed by atoms with Crippen molar-refractivity contribution in [3.63, 3.8) is 0 Å². The fourth-order valence-electron chi connectivity index (χ4n) is 8.44. The van der Waals surface area contributed by atoms with Crippen LogP contribution < -0.4 is 21.9 Å². The van der Waals surface area contributed by atoms with Gasteiger partial charge in [-0.2, -0.15) is 0 Å². The van der Waals surface area contributed by atoms with E-state index in [2.05, 4.69) is 218 Å². The third-order valence-corrected chi connectivity index (χ3v) is 11.0. The molecule has 58 heavy (non-hydrogen) atoms. The van der Waals surface area contributed by atoms with Crippen LogP contribution in [0.4, 0.5) is 0 Å². The molecule has 280 valence electrons. The molecule has 0 spiro atoms. The summed E-state index contributed by atoms with van der Waals surface area (Å²) in [5, 5.41) is 2.33. The molecule has 0 saturated carbocycles. The summed E-state index contributed by atoms with van der Waals surface area (Å²) in [6.07, 6.45) is 0. The molecule has 8 aromatic carbocycles. The molecule has 4 heteroatoms. The molecule has 8 aromatic rings. The Bertz CT molecular complexity index is 2340. The Labute approximate surface area is 344 Å². The van der Waals surface area contributed by atoms with Gasteiger partial charge in [0.05, 0.1) is 13.2 Å². The van der Waals surface area contributed by atoms with Crippen molar-refractivity contribution in [2.45, 2.75) is 0 Å². The lowest BCUT2D eigenvalue weighted by atomic mass is 9.34. The maximum atomic E-state index is 6.06. The smallest absolute Gasteiger partial charge is 0.242 e. The van der Waals surface area contributed by atoms with Crippen LogP contribution in [-0.4, -0.2) is 40.9 Å². The van der Waals surface area contributed by atoms with Crippen LogP contribution in [0.3, 0.4) is 0 Å². The third kappa shape index (κ3) is 8.45. The van der Waals surface area contributed by atoms with Gasteiger partial charge in [-0.15, -0.1) is 0 Å². The molecule has 0 radical (unpaired) electrons. The molecule has 0 aliphatic carbocycles. The summed E-state index contributed by atoms with van der Waals surface area (Å²) in [6, 6.07) is 78.7. The van der Waals surface area contributed by atoms with E-state index in [0.29, 0.717) is 13.2 Å². The standard InChI is InChI=1S/C54H46B2O2/c1-57-39-51(53(41-21-9-3-10-22-41)55(47-25-13-5-14-26-47)48-27-15-6-16-28-48)45-35-33-44-38-46(36-34-43(44)37-45)52(40-58-2)54(42-23-11-4-12-24-42)56(49-29-17-7-18-30-49)50-31-19-8-20-32-50/h3-38H,39-40H2,1-2H3/b53-51+,54-52+. The van der Waals surface area contributed by atoms with Crippen LogP contribution >= 0.6 is 0 Å². The van der Waals surface area contributed by atoms with E-state index in [4.69, 9.17) is 9.47 Å². The van der Waals surface area contributed by atoms with Crippen molar-refractivity contribution < 1.29 is 9.47 Å². The predicted octanol–water partition coefficient (Wildman–Crippen LogP) is 9.65. The van der Waals surface area contributed by atoms with Crippen molar-refractivity contribution >= 4 is 68.1 Å². The van der Waals surface area contributed by atoms with Crippen LogP contribution in [0.1, 0.15) is 22.3 Å². The van der Waals surface area contributed by atoms with Gasteiger partial charge in [-0.25, -0.2) is 0 Å². The summed E-state index contributed by atoms with van der Waals surface area (Å²) in [5.41, 5.74) is 14.4. The van der Waals surface area contributed by atoms with Crippen LogP contribution in [0, 0.1) is 0 Å². The minimum Gasteiger partial charge on any atom is -0.380 e. The first kappa shape index (κ1) is 38.4. The molecule has 8 rings (SSSR count). The largest absolute Gasteiger partial charge is 0.380 e. The Morgan fingerprint density at radius 3 is 0.879 bits per heavy atom. The topological polar surface area (TPSA) is 18.5 Å². The van der Waals surface area contributed by atoms with Crippen LogP contribution in [0.15, 0.2) is 218 Å². The van der Waals surface area contributed by atoms with Crippen LogP contribution in [0.5, 0.6) is 0 Å². The zero-order valence-corrected chi connectivity index (χ0v) is 33.2. The fraction of sp³-hybridized carbons (Fsp3) is 0.0741. The molecule has 0 heterocycles. The van der Waals surface area contributed by atoms with Crippen LogP contribution in [0.2, 0.25) is 0 Å². The molecule has 0 bridgehead atoms. The normalized spacial score (nSPS) is 12.1. The second kappa shape index (κ2) is 18.7. The van der Waals surface area contributed by atoms with E-state index in [0.717, 1.165) is 22.3 Å². The SMILES string of the molecule is COC/C(=C(\B(c1ccccc1)c1ccccc1)c1ccccc1)c1ccc2cc(/C(COC)=C(/B(c3ccccc3)c3ccccc3)c3ccccc3)ccc2c1. The van der Waals surface area contributed by atoms with Crippen molar-refractivity contribution in [2.75, 3.05) is 27.4 Å². The molecule has 0 aromatic heterocycles. The van der Waals surface area contributed by atoms with E-state index >= 15 is 0 Å². The van der Waals surface area contributed by atoms with Gasteiger partial charge in [-0.1, -0.05) is 239 Å². The van der Waals surface area contributed by atoms with E-state index in [1.807, 2.05) is 0 Å². The number of benzene rings is 8. The molecule has 0 saturated heterocycles. The molecule has 0 amide bonds. The lowest BCUT2D eigenvalue weighted by Gasteiger charge is -2.25. The number of rotatable bonds is 14. The molecular weight excluding hydrogens is 702 g/mol. The fourth-order valence-corrected chi connectivity index (χ4v) is 8.44. The summed E-state index contributed by atoms with van der Waals surface area (Å²) < 4.78 is 12.1. The van der Waals surface area contributed by atoms with Gasteiger partial charge in [0, 0.05) is 14.2 Å². The molecule has 0 fully saturated rings. The Kier molecular flexibility index (Phi) is 12.4. The average molecular weight is 749 g/mol. The Hall–Kier alpha value is -6.45. The second-order valence-electron chi connectivity index (χ2n) is 14.7. The van der Waals surface area contributed by atoms with Crippen LogP contribution in [-0.2, 0) is 9.47 Å². The minimum atomic E-state index is -0.00616. The number of hydrogen-bond acceptors (Lipinski definition) is 2. The highest BCUT2D eigenvalue weighted by Crippen LogP contribution is 2.34. The molecule has 0 unspecified atom stereocenters. The van der Waals surface area contributed by atoms with E-state index in [1.54, 1.807) is 14.2 Å². The van der Waals surface area contributed by atoms with Gasteiger partial charge in [0.2, 0.25) is 13.4 Å². The van der Waals surface area contributed by atoms with Crippen molar-refractivity contribution in [1.82, 2.24) is 0 Å². The number of ether oxygens (including phenoxy) is 2. The molecule has 0 atom stereocenters. The first-order valence-corrected chi connectivity index (χ1v) is 20.0. The van der Waals surface area contributed by atoms with E-state index < -0.39 is 0 Å². The highest BCUT2D eigenvalue weighted by molar-refractivity contribution is 7.01. The number of fused-ring (bicyclic) bond motifs is 1. The molecule has 2 nitrogen and oxygen atoms in total. The lowest BCUT2D eigenvalue weighted by Crippen LogP contribution is -2.44. The van der Waals surface area contributed by atoms with Gasteiger partial charge >= 0.3 is 0 Å². The van der Waals surface area contributed by atoms with Crippen molar-refractivity contribution in [1.29, 1.82) is 0 Å². The zero-order valence-electron chi connectivity index (χ0n) is 33.2. The van der Waals surface area contributed by atoms with E-state index in [9.17, 15) is 0 Å². The van der Waals surface area contributed by atoms with Crippen molar-refractivity contribution in [2.24, 2.45) is 0 Å². The van der Waals surface area contributed by atoms with Gasteiger partial charge in [0.25, 0.3) is 0 Å². The first-order valence-electron chi connectivity index (χ1n) is 20.0. The Morgan fingerprint density at radius 1 is 0.328 bits per heavy atom. The molecule has 0 N–H and O–H groups in total. The zero-order chi connectivity index (χ0) is 39.5. The quantitative estimate of drug-likeness (QED) is 0.0815. The lowest BCUT2D eigenvalue weighted by molar-refractivity contribution is 0.240. The van der Waals surface area contributed by atoms with E-state index in [-0.39, 0.29) is 13.4 Å². The van der Waals surface area contributed by atoms with Crippen molar-refractivity contribution in [3.8, 4) is 0 Å². The monoisotopic (exact) mass is 748 g/mol. The average Bonchev–Trinajstić information content (AvgIpc) is 3.30. The maximum Gasteiger partial charge on any atom is 0.242 e. The predicted molar refractivity (Wildman–Crippen MR) is 250 cm³/mol. The highest BCUT2D eigenvalue weighted by atomic mass is 16.5. The van der Waals surface area contributed by atoms with Crippen molar-refractivity contribution in [3.05, 3.63) is 241 Å². The molecule has 0 aliphatic rings. The number of methoxy groups -OCH3 is 2. The summed E-state index contributed by atoms with van der Waals surface area (Å²) in [4.78, 5) is 0. The Balaban J connectivity index is 1.32. The Morgan fingerprint density at radius 2 is 0.603 bits per heavy atom. The summed E-state index contributed by atoms with van der Waals surface area (Å²) >= 11 is 0. The summed E-state index contributed by atoms with van der Waals surface area (Å²) in [6.45, 7) is 0.915. The third-order valence-electron chi connectivity index (χ3n) is 11.0.